The van der Waals surface area contributed by atoms with Gasteiger partial charge in [0.25, 0.3) is 0 Å². The van der Waals surface area contributed by atoms with E-state index < -0.39 is 12.3 Å². The van der Waals surface area contributed by atoms with Crippen LogP contribution >= 0.6 is 0 Å². The van der Waals surface area contributed by atoms with Crippen LogP contribution in [0.5, 0.6) is 5.88 Å². The average molecular weight is 346 g/mol. The fraction of sp³-hybridized carbons (Fsp3) is 0.450. The van der Waals surface area contributed by atoms with Crippen LogP contribution in [-0.2, 0) is 12.8 Å². The molecule has 1 aromatic carbocycles. The van der Waals surface area contributed by atoms with Gasteiger partial charge in [0, 0.05) is 17.2 Å². The topological polar surface area (TPSA) is 48.1 Å². The smallest absolute Gasteiger partial charge is 0.217 e. The minimum Gasteiger partial charge on any atom is -0.471 e. The van der Waals surface area contributed by atoms with Gasteiger partial charge < -0.3 is 10.5 Å². The Labute approximate surface area is 147 Å². The molecule has 2 heterocycles. The molecule has 0 fully saturated rings. The molecule has 0 saturated carbocycles. The molecule has 0 spiro atoms. The number of pyridine rings is 1. The van der Waals surface area contributed by atoms with E-state index in [1.165, 1.54) is 6.92 Å². The molecule has 2 unspecified atom stereocenters. The second-order valence-electron chi connectivity index (χ2n) is 6.71. The van der Waals surface area contributed by atoms with Gasteiger partial charge >= 0.3 is 0 Å². The zero-order chi connectivity index (χ0) is 18.1. The lowest BCUT2D eigenvalue weighted by atomic mass is 9.92. The molecular weight excluding hydrogens is 322 g/mol. The van der Waals surface area contributed by atoms with Crippen molar-refractivity contribution in [3.05, 3.63) is 46.9 Å². The number of hydrogen-bond donors (Lipinski definition) is 1. The van der Waals surface area contributed by atoms with Gasteiger partial charge in [-0.25, -0.2) is 13.8 Å². The summed E-state index contributed by atoms with van der Waals surface area (Å²) in [5.74, 6) is 0.105. The molecule has 0 radical (unpaired) electrons. The van der Waals surface area contributed by atoms with E-state index in [2.05, 4.69) is 4.98 Å². The summed E-state index contributed by atoms with van der Waals surface area (Å²) in [6.07, 6.45) is 0.313. The van der Waals surface area contributed by atoms with E-state index >= 15 is 0 Å². The maximum absolute atomic E-state index is 14.7. The molecule has 5 heteroatoms. The van der Waals surface area contributed by atoms with Crippen LogP contribution in [0.4, 0.5) is 8.78 Å². The lowest BCUT2D eigenvalue weighted by Crippen LogP contribution is -2.31. The second-order valence-corrected chi connectivity index (χ2v) is 6.71. The monoisotopic (exact) mass is 346 g/mol. The number of rotatable bonds is 4. The molecule has 0 amide bonds. The van der Waals surface area contributed by atoms with Gasteiger partial charge in [0.15, 0.2) is 0 Å². The lowest BCUT2D eigenvalue weighted by Gasteiger charge is -2.28. The third-order valence-corrected chi connectivity index (χ3v) is 4.76. The van der Waals surface area contributed by atoms with Gasteiger partial charge in [-0.15, -0.1) is 0 Å². The molecule has 1 aliphatic heterocycles. The number of aromatic nitrogens is 1. The summed E-state index contributed by atoms with van der Waals surface area (Å²) in [7, 11) is 0. The minimum atomic E-state index is -1.09. The van der Waals surface area contributed by atoms with Crippen LogP contribution in [0, 0.1) is 5.82 Å². The van der Waals surface area contributed by atoms with E-state index in [-0.39, 0.29) is 11.9 Å². The van der Waals surface area contributed by atoms with Crippen molar-refractivity contribution < 1.29 is 13.5 Å². The molecule has 25 heavy (non-hydrogen) atoms. The largest absolute Gasteiger partial charge is 0.471 e. The molecular formula is C20H24F2N2O. The first-order chi connectivity index (χ1) is 11.9. The predicted molar refractivity (Wildman–Crippen MR) is 94.9 cm³/mol. The van der Waals surface area contributed by atoms with Gasteiger partial charge in [-0.2, -0.15) is 0 Å². The SMILES string of the molecule is CCc1ccc(-c2cc(C(C)N)nc3c2CC[C@H](C(C)F)O3)c(F)c1. The first-order valence-electron chi connectivity index (χ1n) is 8.79. The number of nitrogens with two attached hydrogens (primary N) is 1. The maximum Gasteiger partial charge on any atom is 0.217 e. The third kappa shape index (κ3) is 3.52. The Morgan fingerprint density at radius 2 is 2.04 bits per heavy atom. The molecule has 3 rings (SSSR count). The second kappa shape index (κ2) is 7.08. The van der Waals surface area contributed by atoms with Gasteiger partial charge in [-0.1, -0.05) is 19.1 Å². The van der Waals surface area contributed by atoms with Crippen molar-refractivity contribution in [2.45, 2.75) is 58.4 Å². The van der Waals surface area contributed by atoms with Crippen LogP contribution < -0.4 is 10.5 Å². The first-order valence-corrected chi connectivity index (χ1v) is 8.79. The van der Waals surface area contributed by atoms with Crippen LogP contribution in [0.15, 0.2) is 24.3 Å². The number of aryl methyl sites for hydroxylation is 1. The van der Waals surface area contributed by atoms with Gasteiger partial charge in [0.05, 0.1) is 5.69 Å². The van der Waals surface area contributed by atoms with Gasteiger partial charge in [-0.3, -0.25) is 0 Å². The normalized spacial score (nSPS) is 19.0. The zero-order valence-corrected chi connectivity index (χ0v) is 14.9. The Morgan fingerprint density at radius 3 is 2.64 bits per heavy atom. The highest BCUT2D eigenvalue weighted by molar-refractivity contribution is 5.71. The summed E-state index contributed by atoms with van der Waals surface area (Å²) in [4.78, 5) is 4.46. The number of ether oxygens (including phenoxy) is 1. The Morgan fingerprint density at radius 1 is 1.28 bits per heavy atom. The van der Waals surface area contributed by atoms with Crippen molar-refractivity contribution in [3.63, 3.8) is 0 Å². The Balaban J connectivity index is 2.13. The van der Waals surface area contributed by atoms with Crippen molar-refractivity contribution in [1.29, 1.82) is 0 Å². The number of hydrogen-bond acceptors (Lipinski definition) is 3. The van der Waals surface area contributed by atoms with Gasteiger partial charge in [0.1, 0.15) is 18.1 Å². The minimum absolute atomic E-state index is 0.274. The maximum atomic E-state index is 14.7. The standard InChI is InChI=1S/C20H24F2N2O/c1-4-13-5-6-14(17(22)9-13)16-10-18(12(3)23)24-20-15(16)7-8-19(25-20)11(2)21/h5-6,9-12,19H,4,7-8,23H2,1-3H3/t11?,12?,19-/m1/s1. The predicted octanol–water partition coefficient (Wildman–Crippen LogP) is 4.52. The van der Waals surface area contributed by atoms with Crippen LogP contribution in [-0.4, -0.2) is 17.3 Å². The van der Waals surface area contributed by atoms with Crippen LogP contribution in [0.2, 0.25) is 0 Å². The van der Waals surface area contributed by atoms with Gasteiger partial charge in [-0.05, 0) is 56.4 Å². The molecule has 0 bridgehead atoms. The summed E-state index contributed by atoms with van der Waals surface area (Å²) in [5.41, 5.74) is 9.61. The molecule has 1 aromatic heterocycles. The number of halogens is 2. The summed E-state index contributed by atoms with van der Waals surface area (Å²) in [6, 6.07) is 6.78. The van der Waals surface area contributed by atoms with Crippen molar-refractivity contribution in [2.24, 2.45) is 5.73 Å². The quantitative estimate of drug-likeness (QED) is 0.885. The lowest BCUT2D eigenvalue weighted by molar-refractivity contribution is 0.0859. The summed E-state index contributed by atoms with van der Waals surface area (Å²) in [6.45, 7) is 5.28. The molecule has 134 valence electrons. The fourth-order valence-corrected chi connectivity index (χ4v) is 3.19. The van der Waals surface area contributed by atoms with E-state index in [4.69, 9.17) is 10.5 Å². The van der Waals surface area contributed by atoms with E-state index in [9.17, 15) is 8.78 Å². The third-order valence-electron chi connectivity index (χ3n) is 4.76. The fourth-order valence-electron chi connectivity index (χ4n) is 3.19. The molecule has 3 nitrogen and oxygen atoms in total. The number of nitrogens with zero attached hydrogens (tertiary/aromatic N) is 1. The molecule has 0 aliphatic carbocycles. The number of alkyl halides is 1. The number of benzene rings is 1. The Hall–Kier alpha value is -2.01. The molecule has 0 saturated heterocycles. The average Bonchev–Trinajstić information content (AvgIpc) is 2.60. The highest BCUT2D eigenvalue weighted by atomic mass is 19.1. The highest BCUT2D eigenvalue weighted by Gasteiger charge is 2.29. The van der Waals surface area contributed by atoms with Crippen LogP contribution in [0.25, 0.3) is 11.1 Å². The zero-order valence-electron chi connectivity index (χ0n) is 14.9. The summed E-state index contributed by atoms with van der Waals surface area (Å²) < 4.78 is 34.1. The molecule has 1 aliphatic rings. The Bertz CT molecular complexity index is 775. The molecule has 2 aromatic rings. The van der Waals surface area contributed by atoms with Crippen molar-refractivity contribution in [3.8, 4) is 17.0 Å². The van der Waals surface area contributed by atoms with Crippen molar-refractivity contribution in [2.75, 3.05) is 0 Å². The number of fused-ring (bicyclic) bond motifs is 1. The van der Waals surface area contributed by atoms with Gasteiger partial charge in [0.2, 0.25) is 5.88 Å². The Kier molecular flexibility index (Phi) is 5.04. The molecule has 3 atom stereocenters. The van der Waals surface area contributed by atoms with E-state index in [1.807, 2.05) is 26.0 Å². The summed E-state index contributed by atoms with van der Waals surface area (Å²) in [5, 5.41) is 0. The van der Waals surface area contributed by atoms with E-state index in [0.717, 1.165) is 23.1 Å². The summed E-state index contributed by atoms with van der Waals surface area (Å²) >= 11 is 0. The van der Waals surface area contributed by atoms with Crippen LogP contribution in [0.3, 0.4) is 0 Å². The van der Waals surface area contributed by atoms with Crippen molar-refractivity contribution >= 4 is 0 Å². The van der Waals surface area contributed by atoms with Crippen LogP contribution in [0.1, 0.15) is 50.1 Å². The highest BCUT2D eigenvalue weighted by Crippen LogP contribution is 2.38. The first kappa shape index (κ1) is 17.8. The van der Waals surface area contributed by atoms with Crippen molar-refractivity contribution in [1.82, 2.24) is 4.98 Å². The molecule has 2 N–H and O–H groups in total. The van der Waals surface area contributed by atoms with E-state index in [1.54, 1.807) is 12.1 Å². The van der Waals surface area contributed by atoms with E-state index in [0.29, 0.717) is 30.0 Å².